The van der Waals surface area contributed by atoms with Crippen LogP contribution in [0.5, 0.6) is 0 Å². The summed E-state index contributed by atoms with van der Waals surface area (Å²) in [7, 11) is 0. The summed E-state index contributed by atoms with van der Waals surface area (Å²) in [5, 5.41) is 12.7. The molecule has 2 atom stereocenters. The molecular formula is C15H21NO2. The molecule has 0 radical (unpaired) electrons. The molecule has 18 heavy (non-hydrogen) atoms. The third kappa shape index (κ3) is 2.66. The van der Waals surface area contributed by atoms with E-state index in [1.807, 2.05) is 13.0 Å². The van der Waals surface area contributed by atoms with Crippen molar-refractivity contribution in [1.82, 2.24) is 0 Å². The minimum absolute atomic E-state index is 0.382. The van der Waals surface area contributed by atoms with Crippen LogP contribution in [0.1, 0.15) is 48.5 Å². The van der Waals surface area contributed by atoms with E-state index in [0.717, 1.165) is 17.7 Å². The first-order valence-electron chi connectivity index (χ1n) is 6.69. The van der Waals surface area contributed by atoms with E-state index >= 15 is 0 Å². The lowest BCUT2D eigenvalue weighted by Gasteiger charge is -2.31. The molecule has 1 aromatic carbocycles. The molecular weight excluding hydrogens is 226 g/mol. The Hall–Kier alpha value is -1.51. The van der Waals surface area contributed by atoms with Gasteiger partial charge in [0, 0.05) is 6.04 Å². The lowest BCUT2D eigenvalue weighted by atomic mass is 9.85. The van der Waals surface area contributed by atoms with Crippen LogP contribution in [0.3, 0.4) is 0 Å². The van der Waals surface area contributed by atoms with Gasteiger partial charge in [-0.25, -0.2) is 4.79 Å². The maximum atomic E-state index is 11.3. The van der Waals surface area contributed by atoms with Gasteiger partial charge in [0.05, 0.1) is 11.3 Å². The molecule has 0 saturated heterocycles. The lowest BCUT2D eigenvalue weighted by Crippen LogP contribution is -2.31. The summed E-state index contributed by atoms with van der Waals surface area (Å²) in [6, 6.07) is 5.83. The zero-order chi connectivity index (χ0) is 13.1. The van der Waals surface area contributed by atoms with Gasteiger partial charge in [-0.1, -0.05) is 31.9 Å². The normalized spacial score (nSPS) is 23.7. The molecule has 98 valence electrons. The number of benzene rings is 1. The van der Waals surface area contributed by atoms with Crippen molar-refractivity contribution in [3.05, 3.63) is 29.3 Å². The molecule has 0 amide bonds. The molecule has 0 bridgehead atoms. The fourth-order valence-corrected chi connectivity index (χ4v) is 2.75. The Morgan fingerprint density at radius 1 is 1.33 bits per heavy atom. The largest absolute Gasteiger partial charge is 0.478 e. The molecule has 2 N–H and O–H groups in total. The quantitative estimate of drug-likeness (QED) is 0.856. The molecule has 1 aliphatic carbocycles. The number of nitrogens with one attached hydrogen (secondary N) is 1. The van der Waals surface area contributed by atoms with E-state index in [0.29, 0.717) is 17.5 Å². The number of hydrogen-bond acceptors (Lipinski definition) is 2. The van der Waals surface area contributed by atoms with Crippen molar-refractivity contribution in [3.8, 4) is 0 Å². The molecule has 0 heterocycles. The molecule has 2 rings (SSSR count). The first-order chi connectivity index (χ1) is 8.59. The van der Waals surface area contributed by atoms with Gasteiger partial charge < -0.3 is 10.4 Å². The number of rotatable bonds is 3. The van der Waals surface area contributed by atoms with Crippen LogP contribution in [0.2, 0.25) is 0 Å². The second-order valence-corrected chi connectivity index (χ2v) is 5.32. The van der Waals surface area contributed by atoms with Crippen LogP contribution in [0.15, 0.2) is 18.2 Å². The molecule has 1 fully saturated rings. The average Bonchev–Trinajstić information content (AvgIpc) is 2.34. The Labute approximate surface area is 108 Å². The highest BCUT2D eigenvalue weighted by atomic mass is 16.4. The summed E-state index contributed by atoms with van der Waals surface area (Å²) >= 11 is 0. The number of hydrogen-bond donors (Lipinski definition) is 2. The molecule has 3 heteroatoms. The van der Waals surface area contributed by atoms with Gasteiger partial charge in [0.25, 0.3) is 0 Å². The fraction of sp³-hybridized carbons (Fsp3) is 0.533. The average molecular weight is 247 g/mol. The third-order valence-corrected chi connectivity index (χ3v) is 3.94. The molecule has 1 aliphatic rings. The topological polar surface area (TPSA) is 49.3 Å². The van der Waals surface area contributed by atoms with E-state index in [9.17, 15) is 9.90 Å². The van der Waals surface area contributed by atoms with Crippen molar-refractivity contribution in [1.29, 1.82) is 0 Å². The highest BCUT2D eigenvalue weighted by Crippen LogP contribution is 2.29. The molecule has 3 nitrogen and oxygen atoms in total. The highest BCUT2D eigenvalue weighted by molar-refractivity contribution is 5.95. The molecule has 1 aromatic rings. The number of para-hydroxylation sites is 1. The summed E-state index contributed by atoms with van der Waals surface area (Å²) in [4.78, 5) is 11.3. The van der Waals surface area contributed by atoms with E-state index in [4.69, 9.17) is 0 Å². The van der Waals surface area contributed by atoms with Gasteiger partial charge in [-0.15, -0.1) is 0 Å². The van der Waals surface area contributed by atoms with Crippen molar-refractivity contribution in [3.63, 3.8) is 0 Å². The van der Waals surface area contributed by atoms with Crippen LogP contribution in [-0.4, -0.2) is 17.1 Å². The summed E-state index contributed by atoms with van der Waals surface area (Å²) in [6.45, 7) is 4.21. The van der Waals surface area contributed by atoms with Gasteiger partial charge >= 0.3 is 5.97 Å². The number of anilines is 1. The fourth-order valence-electron chi connectivity index (χ4n) is 2.75. The molecule has 0 aliphatic heterocycles. The van der Waals surface area contributed by atoms with Crippen LogP contribution < -0.4 is 5.32 Å². The Bertz CT molecular complexity index is 442. The Kier molecular flexibility index (Phi) is 3.90. The molecule has 2 unspecified atom stereocenters. The summed E-state index contributed by atoms with van der Waals surface area (Å²) in [5.41, 5.74) is 2.18. The van der Waals surface area contributed by atoms with Crippen molar-refractivity contribution < 1.29 is 9.90 Å². The second kappa shape index (κ2) is 5.42. The summed E-state index contributed by atoms with van der Waals surface area (Å²) in [6.07, 6.45) is 4.88. The van der Waals surface area contributed by atoms with Gasteiger partial charge in [0.1, 0.15) is 0 Å². The van der Waals surface area contributed by atoms with Crippen molar-refractivity contribution >= 4 is 11.7 Å². The Morgan fingerprint density at radius 3 is 2.72 bits per heavy atom. The Balaban J connectivity index is 2.24. The van der Waals surface area contributed by atoms with E-state index < -0.39 is 5.97 Å². The highest BCUT2D eigenvalue weighted by Gasteiger charge is 2.23. The number of carboxylic acid groups (broad SMARTS) is 1. The minimum atomic E-state index is -0.857. The van der Waals surface area contributed by atoms with Gasteiger partial charge in [-0.2, -0.15) is 0 Å². The predicted octanol–water partition coefficient (Wildman–Crippen LogP) is 3.68. The van der Waals surface area contributed by atoms with E-state index in [1.165, 1.54) is 19.3 Å². The van der Waals surface area contributed by atoms with Gasteiger partial charge in [0.15, 0.2) is 0 Å². The lowest BCUT2D eigenvalue weighted by molar-refractivity contribution is 0.0697. The molecule has 0 spiro atoms. The predicted molar refractivity (Wildman–Crippen MR) is 73.2 cm³/mol. The summed E-state index contributed by atoms with van der Waals surface area (Å²) < 4.78 is 0. The van der Waals surface area contributed by atoms with Gasteiger partial charge in [-0.3, -0.25) is 0 Å². The van der Waals surface area contributed by atoms with Crippen molar-refractivity contribution in [2.75, 3.05) is 5.32 Å². The smallest absolute Gasteiger partial charge is 0.337 e. The first kappa shape index (κ1) is 12.9. The van der Waals surface area contributed by atoms with Crippen molar-refractivity contribution in [2.24, 2.45) is 5.92 Å². The van der Waals surface area contributed by atoms with Crippen LogP contribution in [0, 0.1) is 12.8 Å². The SMILES string of the molecule is Cc1cccc(C(=O)O)c1NC1CCCCC1C. The van der Waals surface area contributed by atoms with Crippen molar-refractivity contribution in [2.45, 2.75) is 45.6 Å². The van der Waals surface area contributed by atoms with E-state index in [2.05, 4.69) is 12.2 Å². The molecule has 1 saturated carbocycles. The minimum Gasteiger partial charge on any atom is -0.478 e. The van der Waals surface area contributed by atoms with Gasteiger partial charge in [0.2, 0.25) is 0 Å². The zero-order valence-electron chi connectivity index (χ0n) is 11.1. The maximum Gasteiger partial charge on any atom is 0.337 e. The number of carboxylic acids is 1. The van der Waals surface area contributed by atoms with E-state index in [1.54, 1.807) is 12.1 Å². The monoisotopic (exact) mass is 247 g/mol. The van der Waals surface area contributed by atoms with Crippen LogP contribution in [-0.2, 0) is 0 Å². The maximum absolute atomic E-state index is 11.3. The van der Waals surface area contributed by atoms with Crippen LogP contribution >= 0.6 is 0 Å². The number of carbonyl (C=O) groups is 1. The van der Waals surface area contributed by atoms with Crippen LogP contribution in [0.4, 0.5) is 5.69 Å². The Morgan fingerprint density at radius 2 is 2.06 bits per heavy atom. The third-order valence-electron chi connectivity index (χ3n) is 3.94. The zero-order valence-corrected chi connectivity index (χ0v) is 11.1. The van der Waals surface area contributed by atoms with Crippen LogP contribution in [0.25, 0.3) is 0 Å². The summed E-state index contributed by atoms with van der Waals surface area (Å²) in [5.74, 6) is -0.246. The first-order valence-corrected chi connectivity index (χ1v) is 6.69. The van der Waals surface area contributed by atoms with E-state index in [-0.39, 0.29) is 0 Å². The molecule has 0 aromatic heterocycles. The van der Waals surface area contributed by atoms with Gasteiger partial charge in [-0.05, 0) is 37.3 Å². The number of aromatic carboxylic acids is 1. The number of aryl methyl sites for hydroxylation is 1. The second-order valence-electron chi connectivity index (χ2n) is 5.32. The standard InChI is InChI=1S/C15H21NO2/c1-10-6-3-4-9-13(10)16-14-11(2)7-5-8-12(14)15(17)18/h5,7-8,10,13,16H,3-4,6,9H2,1-2H3,(H,17,18).